The van der Waals surface area contributed by atoms with Crippen molar-refractivity contribution in [3.05, 3.63) is 51.5 Å². The van der Waals surface area contributed by atoms with Crippen LogP contribution in [-0.2, 0) is 9.59 Å². The number of halogens is 2. The number of phenolic OH excluding ortho intramolecular Hbond substituents is 1. The Labute approximate surface area is 169 Å². The molecule has 0 unspecified atom stereocenters. The number of para-hydroxylation sites is 1. The molecule has 0 fully saturated rings. The van der Waals surface area contributed by atoms with Crippen LogP contribution >= 0.6 is 27.5 Å². The number of benzene rings is 2. The second-order valence-corrected chi connectivity index (χ2v) is 6.69. The van der Waals surface area contributed by atoms with E-state index in [0.717, 1.165) is 0 Å². The minimum absolute atomic E-state index is 0.0253. The third kappa shape index (κ3) is 6.26. The van der Waals surface area contributed by atoms with E-state index >= 15 is 0 Å². The van der Waals surface area contributed by atoms with Gasteiger partial charge in [-0.1, -0.05) is 39.7 Å². The zero-order chi connectivity index (χ0) is 19.8. The van der Waals surface area contributed by atoms with E-state index in [0.29, 0.717) is 20.7 Å². The minimum atomic E-state index is -0.443. The van der Waals surface area contributed by atoms with Crippen molar-refractivity contribution in [2.75, 3.05) is 12.4 Å². The molecule has 2 aromatic rings. The molecule has 0 atom stereocenters. The summed E-state index contributed by atoms with van der Waals surface area (Å²) in [5, 5.41) is 16.8. The Morgan fingerprint density at radius 2 is 1.96 bits per heavy atom. The van der Waals surface area contributed by atoms with Gasteiger partial charge >= 0.3 is 0 Å². The Bertz CT molecular complexity index is 874. The number of anilines is 1. The van der Waals surface area contributed by atoms with E-state index in [1.54, 1.807) is 36.4 Å². The molecule has 0 aliphatic heterocycles. The molecule has 142 valence electrons. The third-order valence-electron chi connectivity index (χ3n) is 3.41. The molecule has 0 saturated carbocycles. The second kappa shape index (κ2) is 9.94. The van der Waals surface area contributed by atoms with Crippen molar-refractivity contribution in [1.82, 2.24) is 5.43 Å². The summed E-state index contributed by atoms with van der Waals surface area (Å²) < 4.78 is 5.71. The Balaban J connectivity index is 1.84. The SMILES string of the molecule is COc1cc(Br)cc(/C=N/NC(=O)CCC(=O)Nc2ccccc2Cl)c1O. The molecule has 7 nitrogen and oxygen atoms in total. The van der Waals surface area contributed by atoms with Gasteiger partial charge in [0, 0.05) is 22.9 Å². The van der Waals surface area contributed by atoms with Gasteiger partial charge in [-0.3, -0.25) is 9.59 Å². The van der Waals surface area contributed by atoms with Gasteiger partial charge in [0.25, 0.3) is 0 Å². The minimum Gasteiger partial charge on any atom is -0.504 e. The Hall–Kier alpha value is -2.58. The van der Waals surface area contributed by atoms with E-state index in [1.807, 2.05) is 0 Å². The van der Waals surface area contributed by atoms with Gasteiger partial charge < -0.3 is 15.2 Å². The Kier molecular flexibility index (Phi) is 7.63. The summed E-state index contributed by atoms with van der Waals surface area (Å²) in [5.74, 6) is -0.607. The molecule has 9 heteroatoms. The number of phenols is 1. The number of amides is 2. The fourth-order valence-corrected chi connectivity index (χ4v) is 2.72. The first-order valence-electron chi connectivity index (χ1n) is 7.83. The molecular formula is C18H17BrClN3O4. The lowest BCUT2D eigenvalue weighted by molar-refractivity contribution is -0.124. The number of rotatable bonds is 7. The van der Waals surface area contributed by atoms with Gasteiger partial charge in [-0.2, -0.15) is 5.10 Å². The van der Waals surface area contributed by atoms with Crippen molar-refractivity contribution in [3.8, 4) is 11.5 Å². The second-order valence-electron chi connectivity index (χ2n) is 5.37. The lowest BCUT2D eigenvalue weighted by Crippen LogP contribution is -2.20. The maximum atomic E-state index is 11.9. The van der Waals surface area contributed by atoms with E-state index < -0.39 is 5.91 Å². The van der Waals surface area contributed by atoms with Gasteiger partial charge in [0.15, 0.2) is 11.5 Å². The van der Waals surface area contributed by atoms with Crippen LogP contribution in [0.3, 0.4) is 0 Å². The van der Waals surface area contributed by atoms with Crippen molar-refractivity contribution in [2.24, 2.45) is 5.10 Å². The van der Waals surface area contributed by atoms with Crippen LogP contribution in [-0.4, -0.2) is 30.2 Å². The predicted octanol–water partition coefficient (Wildman–Crippen LogP) is 3.69. The van der Waals surface area contributed by atoms with Gasteiger partial charge in [-0.25, -0.2) is 5.43 Å². The Morgan fingerprint density at radius 1 is 1.26 bits per heavy atom. The number of carbonyl (C=O) groups is 2. The van der Waals surface area contributed by atoms with Gasteiger partial charge in [0.05, 0.1) is 24.0 Å². The molecule has 3 N–H and O–H groups in total. The highest BCUT2D eigenvalue weighted by molar-refractivity contribution is 9.10. The molecular weight excluding hydrogens is 438 g/mol. The maximum Gasteiger partial charge on any atom is 0.240 e. The summed E-state index contributed by atoms with van der Waals surface area (Å²) in [7, 11) is 1.43. The van der Waals surface area contributed by atoms with Gasteiger partial charge in [0.2, 0.25) is 11.8 Å². The number of hydrogen-bond donors (Lipinski definition) is 3. The maximum absolute atomic E-state index is 11.9. The molecule has 0 aliphatic carbocycles. The van der Waals surface area contributed by atoms with E-state index in [9.17, 15) is 14.7 Å². The number of aromatic hydroxyl groups is 1. The summed E-state index contributed by atoms with van der Waals surface area (Å²) in [6.07, 6.45) is 1.20. The molecule has 0 aliphatic rings. The molecule has 2 rings (SSSR count). The zero-order valence-electron chi connectivity index (χ0n) is 14.3. The first-order chi connectivity index (χ1) is 12.9. The van der Waals surface area contributed by atoms with Crippen molar-refractivity contribution in [2.45, 2.75) is 12.8 Å². The lowest BCUT2D eigenvalue weighted by atomic mass is 10.2. The van der Waals surface area contributed by atoms with E-state index in [2.05, 4.69) is 31.8 Å². The molecule has 27 heavy (non-hydrogen) atoms. The number of hydrogen-bond acceptors (Lipinski definition) is 5. The highest BCUT2D eigenvalue weighted by Crippen LogP contribution is 2.32. The van der Waals surface area contributed by atoms with Crippen LogP contribution in [0, 0.1) is 0 Å². The molecule has 0 spiro atoms. The summed E-state index contributed by atoms with van der Waals surface area (Å²) in [6.45, 7) is 0. The van der Waals surface area contributed by atoms with Crippen molar-refractivity contribution >= 4 is 51.2 Å². The molecule has 0 saturated heterocycles. The first-order valence-corrected chi connectivity index (χ1v) is 9.00. The Morgan fingerprint density at radius 3 is 2.67 bits per heavy atom. The van der Waals surface area contributed by atoms with Crippen LogP contribution in [0.25, 0.3) is 0 Å². The summed E-state index contributed by atoms with van der Waals surface area (Å²) in [5.41, 5.74) is 3.15. The lowest BCUT2D eigenvalue weighted by Gasteiger charge is -2.07. The van der Waals surface area contributed by atoms with E-state index in [-0.39, 0.29) is 30.2 Å². The summed E-state index contributed by atoms with van der Waals surface area (Å²) >= 11 is 9.25. The van der Waals surface area contributed by atoms with E-state index in [1.165, 1.54) is 13.3 Å². The molecule has 2 aromatic carbocycles. The van der Waals surface area contributed by atoms with Gasteiger partial charge in [-0.15, -0.1) is 0 Å². The van der Waals surface area contributed by atoms with Gasteiger partial charge in [-0.05, 0) is 24.3 Å². The number of nitrogens with zero attached hydrogens (tertiary/aromatic N) is 1. The van der Waals surface area contributed by atoms with Crippen LogP contribution in [0.2, 0.25) is 5.02 Å². The normalized spacial score (nSPS) is 10.6. The van der Waals surface area contributed by atoms with Crippen LogP contribution in [0.4, 0.5) is 5.69 Å². The van der Waals surface area contributed by atoms with Crippen LogP contribution in [0.1, 0.15) is 18.4 Å². The third-order valence-corrected chi connectivity index (χ3v) is 4.20. The smallest absolute Gasteiger partial charge is 0.240 e. The molecule has 0 heterocycles. The fourth-order valence-electron chi connectivity index (χ4n) is 2.08. The predicted molar refractivity (Wildman–Crippen MR) is 107 cm³/mol. The van der Waals surface area contributed by atoms with Crippen LogP contribution < -0.4 is 15.5 Å². The number of methoxy groups -OCH3 is 1. The number of carbonyl (C=O) groups excluding carboxylic acids is 2. The molecule has 2 amide bonds. The standard InChI is InChI=1S/C18H17BrClN3O4/c1-27-15-9-12(19)8-11(18(15)26)10-21-23-17(25)7-6-16(24)22-14-5-3-2-4-13(14)20/h2-5,8-10,26H,6-7H2,1H3,(H,22,24)(H,23,25)/b21-10+. The summed E-state index contributed by atoms with van der Waals surface area (Å²) in [4.78, 5) is 23.7. The van der Waals surface area contributed by atoms with Crippen molar-refractivity contribution < 1.29 is 19.4 Å². The quantitative estimate of drug-likeness (QED) is 0.439. The zero-order valence-corrected chi connectivity index (χ0v) is 16.7. The monoisotopic (exact) mass is 453 g/mol. The average Bonchev–Trinajstić information content (AvgIpc) is 2.64. The molecule has 0 aromatic heterocycles. The number of hydrazone groups is 1. The fraction of sp³-hybridized carbons (Fsp3) is 0.167. The van der Waals surface area contributed by atoms with Gasteiger partial charge in [0.1, 0.15) is 0 Å². The number of nitrogens with one attached hydrogen (secondary N) is 2. The first kappa shape index (κ1) is 20.7. The average molecular weight is 455 g/mol. The number of ether oxygens (including phenoxy) is 1. The van der Waals surface area contributed by atoms with Crippen molar-refractivity contribution in [1.29, 1.82) is 0 Å². The van der Waals surface area contributed by atoms with Crippen LogP contribution in [0.15, 0.2) is 46.0 Å². The van der Waals surface area contributed by atoms with Crippen molar-refractivity contribution in [3.63, 3.8) is 0 Å². The highest BCUT2D eigenvalue weighted by atomic mass is 79.9. The molecule has 0 bridgehead atoms. The molecule has 0 radical (unpaired) electrons. The van der Waals surface area contributed by atoms with Crippen LogP contribution in [0.5, 0.6) is 11.5 Å². The van der Waals surface area contributed by atoms with E-state index in [4.69, 9.17) is 16.3 Å². The summed E-state index contributed by atoms with van der Waals surface area (Å²) in [6, 6.07) is 10.0. The largest absolute Gasteiger partial charge is 0.504 e. The highest BCUT2D eigenvalue weighted by Gasteiger charge is 2.10. The topological polar surface area (TPSA) is 100 Å².